The van der Waals surface area contributed by atoms with Crippen LogP contribution in [0.1, 0.15) is 29.9 Å². The van der Waals surface area contributed by atoms with Gasteiger partial charge < -0.3 is 5.32 Å². The summed E-state index contributed by atoms with van der Waals surface area (Å²) in [5.74, 6) is 0. The molecule has 1 heterocycles. The summed E-state index contributed by atoms with van der Waals surface area (Å²) < 4.78 is 0. The van der Waals surface area contributed by atoms with Crippen molar-refractivity contribution in [3.63, 3.8) is 0 Å². The first-order valence-corrected chi connectivity index (χ1v) is 13.6. The van der Waals surface area contributed by atoms with Crippen molar-refractivity contribution in [3.8, 4) is 11.3 Å². The molecule has 1 N–H and O–H groups in total. The highest BCUT2D eigenvalue weighted by molar-refractivity contribution is 15.0. The van der Waals surface area contributed by atoms with Gasteiger partial charge >= 0.3 is 0 Å². The molecule has 2 aromatic rings. The topological polar surface area (TPSA) is 24.9 Å². The first-order valence-electron chi connectivity index (χ1n) is 6.49. The van der Waals surface area contributed by atoms with E-state index in [4.69, 9.17) is 0 Å². The molecule has 112 valence electrons. The molecular weight excluding hydrogens is 494 g/mol. The van der Waals surface area contributed by atoms with Crippen LogP contribution in [0.4, 0.5) is 5.13 Å². The minimum absolute atomic E-state index is 0.979. The van der Waals surface area contributed by atoms with Gasteiger partial charge in [0.05, 0.1) is 5.69 Å². The first kappa shape index (κ1) is 20.1. The Balaban J connectivity index is 0.000000829. The van der Waals surface area contributed by atoms with Crippen molar-refractivity contribution >= 4 is 53.7 Å². The second kappa shape index (κ2) is 10.8. The zero-order valence-electron chi connectivity index (χ0n) is 12.8. The Kier molecular flexibility index (Phi) is 10.8. The molecule has 0 bridgehead atoms. The minimum atomic E-state index is 0.979. The van der Waals surface area contributed by atoms with Crippen molar-refractivity contribution in [2.75, 3.05) is 12.4 Å². The molecule has 0 aliphatic carbocycles. The fourth-order valence-corrected chi connectivity index (χ4v) is 2.61. The molecule has 0 aliphatic rings. The lowest BCUT2D eigenvalue weighted by Crippen LogP contribution is -1.89. The van der Waals surface area contributed by atoms with Gasteiger partial charge in [0.1, 0.15) is 0 Å². The van der Waals surface area contributed by atoms with Crippen LogP contribution in [0.3, 0.4) is 0 Å². The van der Waals surface area contributed by atoms with Gasteiger partial charge in [0.25, 0.3) is 0 Å². The van der Waals surface area contributed by atoms with E-state index in [1.54, 1.807) is 11.3 Å². The maximum atomic E-state index is 4.60. The van der Waals surface area contributed by atoms with Crippen LogP contribution in [0.5, 0.6) is 0 Å². The van der Waals surface area contributed by atoms with Gasteiger partial charge in [-0.1, -0.05) is 37.6 Å². The van der Waals surface area contributed by atoms with Gasteiger partial charge in [0.15, 0.2) is 5.13 Å². The van der Waals surface area contributed by atoms with Crippen molar-refractivity contribution in [2.24, 2.45) is 0 Å². The predicted molar refractivity (Wildman–Crippen MR) is 111 cm³/mol. The molecule has 2 rings (SSSR count). The Labute approximate surface area is 150 Å². The lowest BCUT2D eigenvalue weighted by atomic mass is 10.0. The highest BCUT2D eigenvalue weighted by atomic mass is 128. The van der Waals surface area contributed by atoms with E-state index in [-0.39, 0.29) is 0 Å². The van der Waals surface area contributed by atoms with Crippen molar-refractivity contribution in [1.29, 1.82) is 0 Å². The number of aromatic nitrogens is 1. The maximum absolute atomic E-state index is 4.60. The quantitative estimate of drug-likeness (QED) is 0.457. The van der Waals surface area contributed by atoms with Crippen molar-refractivity contribution in [3.05, 3.63) is 34.2 Å². The summed E-state index contributed by atoms with van der Waals surface area (Å²) >= 11 is 5.94. The summed E-state index contributed by atoms with van der Waals surface area (Å²) in [6.07, 6.45) is 0. The number of hydrogen-bond donors (Lipinski definition) is 1. The average molecular weight is 516 g/mol. The number of nitrogens with zero attached hydrogens (tertiary/aromatic N) is 1. The summed E-state index contributed by atoms with van der Waals surface area (Å²) in [6.45, 7) is 10.4. The van der Waals surface area contributed by atoms with Crippen molar-refractivity contribution in [1.82, 2.24) is 4.98 Å². The number of rotatable bonds is 2. The third kappa shape index (κ3) is 5.48. The maximum Gasteiger partial charge on any atom is 0.183 e. The van der Waals surface area contributed by atoms with Gasteiger partial charge in [-0.15, -0.1) is 11.3 Å². The Hall–Kier alpha value is 0.110. The Bertz CT molecular complexity index is 525. The molecule has 0 unspecified atom stereocenters. The number of benzene rings is 1. The van der Waals surface area contributed by atoms with E-state index >= 15 is 0 Å². The van der Waals surface area contributed by atoms with Gasteiger partial charge in [-0.3, -0.25) is 0 Å². The largest absolute Gasteiger partial charge is 0.365 e. The fraction of sp³-hybridized carbons (Fsp3) is 0.400. The van der Waals surface area contributed by atoms with E-state index in [0.29, 0.717) is 0 Å². The van der Waals surface area contributed by atoms with E-state index < -0.39 is 0 Å². The normalized spacial score (nSPS) is 9.00. The molecule has 0 saturated heterocycles. The monoisotopic (exact) mass is 516 g/mol. The Morgan fingerprint density at radius 3 is 2.15 bits per heavy atom. The second-order valence-electron chi connectivity index (χ2n) is 3.99. The molecule has 0 atom stereocenters. The molecule has 1 aromatic heterocycles. The van der Waals surface area contributed by atoms with Gasteiger partial charge in [-0.2, -0.15) is 0 Å². The number of hydrogen-bond acceptors (Lipinski definition) is 3. The Morgan fingerprint density at radius 1 is 1.10 bits per heavy atom. The second-order valence-corrected chi connectivity index (χ2v) is 5.20. The fourth-order valence-electron chi connectivity index (χ4n) is 1.83. The van der Waals surface area contributed by atoms with Crippen LogP contribution in [-0.4, -0.2) is 12.0 Å². The predicted octanol–water partition coefficient (Wildman–Crippen LogP) is 6.57. The molecule has 0 spiro atoms. The molecule has 5 heteroatoms. The number of thiazole rings is 1. The minimum Gasteiger partial charge on any atom is -0.365 e. The summed E-state index contributed by atoms with van der Waals surface area (Å²) in [6, 6.07) is 6.50. The smallest absolute Gasteiger partial charge is 0.183 e. The number of nitrogens with one attached hydrogen (secondary N) is 1. The zero-order valence-corrected chi connectivity index (χ0v) is 18.0. The molecule has 2 nitrogen and oxygen atoms in total. The summed E-state index contributed by atoms with van der Waals surface area (Å²) in [7, 11) is 1.91. The van der Waals surface area contributed by atoms with E-state index in [0.717, 1.165) is 10.8 Å². The molecule has 0 aliphatic heterocycles. The molecule has 0 amide bonds. The van der Waals surface area contributed by atoms with Crippen LogP contribution in [0.25, 0.3) is 11.3 Å². The molecule has 0 saturated carbocycles. The highest BCUT2D eigenvalue weighted by Gasteiger charge is 2.10. The van der Waals surface area contributed by atoms with Crippen LogP contribution in [-0.2, 0) is 0 Å². The van der Waals surface area contributed by atoms with E-state index in [2.05, 4.69) is 86.5 Å². The molecule has 0 radical (unpaired) electrons. The third-order valence-electron chi connectivity index (χ3n) is 2.65. The van der Waals surface area contributed by atoms with Crippen LogP contribution in [0, 0.1) is 20.8 Å². The standard InChI is InChI=1S/C13H16N2S.C2H6.I2/c1-8-5-6-11(9(2)7-8)12-10(3)16-13(14-4)15-12;2*1-2/h5-7H,1-4H3,(H,14,15);1-2H3;. The number of halogens is 2. The van der Waals surface area contributed by atoms with Gasteiger partial charge in [0, 0.05) is 54.7 Å². The van der Waals surface area contributed by atoms with Crippen LogP contribution in [0.2, 0.25) is 0 Å². The molecule has 0 fully saturated rings. The molecule has 1 aromatic carbocycles. The van der Waals surface area contributed by atoms with Crippen LogP contribution < -0.4 is 5.32 Å². The number of anilines is 1. The van der Waals surface area contributed by atoms with Gasteiger partial charge in [-0.25, -0.2) is 4.98 Å². The van der Waals surface area contributed by atoms with E-state index in [1.807, 2.05) is 20.9 Å². The van der Waals surface area contributed by atoms with Crippen LogP contribution in [0.15, 0.2) is 18.2 Å². The first-order chi connectivity index (χ1) is 9.61. The summed E-state index contributed by atoms with van der Waals surface area (Å²) in [4.78, 5) is 5.86. The highest BCUT2D eigenvalue weighted by Crippen LogP contribution is 2.32. The third-order valence-corrected chi connectivity index (χ3v) is 3.64. The van der Waals surface area contributed by atoms with Crippen molar-refractivity contribution < 1.29 is 0 Å². The Morgan fingerprint density at radius 2 is 1.70 bits per heavy atom. The number of aryl methyl sites for hydroxylation is 3. The summed E-state index contributed by atoms with van der Waals surface area (Å²) in [5.41, 5.74) is 4.92. The van der Waals surface area contributed by atoms with E-state index in [1.165, 1.54) is 21.6 Å². The zero-order chi connectivity index (χ0) is 15.7. The van der Waals surface area contributed by atoms with Gasteiger partial charge in [0.2, 0.25) is 0 Å². The van der Waals surface area contributed by atoms with E-state index in [9.17, 15) is 0 Å². The average Bonchev–Trinajstić information content (AvgIpc) is 2.84. The lowest BCUT2D eigenvalue weighted by molar-refractivity contribution is 1.31. The molecular formula is C15H22I2N2S. The van der Waals surface area contributed by atoms with Crippen molar-refractivity contribution in [2.45, 2.75) is 34.6 Å². The van der Waals surface area contributed by atoms with Crippen LogP contribution >= 0.6 is 48.6 Å². The lowest BCUT2D eigenvalue weighted by Gasteiger charge is -2.04. The van der Waals surface area contributed by atoms with Gasteiger partial charge in [-0.05, 0) is 26.3 Å². The SMILES string of the molecule is CC.CNc1nc(-c2ccc(C)cc2C)c(C)s1.II. The molecule has 20 heavy (non-hydrogen) atoms. The summed E-state index contributed by atoms with van der Waals surface area (Å²) in [5, 5.41) is 4.08.